The summed E-state index contributed by atoms with van der Waals surface area (Å²) in [5.41, 5.74) is 2.72. The summed E-state index contributed by atoms with van der Waals surface area (Å²) in [6.45, 7) is 3.88. The summed E-state index contributed by atoms with van der Waals surface area (Å²) in [4.78, 5) is 13.6. The van der Waals surface area contributed by atoms with E-state index in [2.05, 4.69) is 20.6 Å². The topological polar surface area (TPSA) is 72.7 Å². The number of thioether (sulfide) groups is 1. The van der Waals surface area contributed by atoms with Crippen LogP contribution in [0.2, 0.25) is 0 Å². The maximum Gasteiger partial charge on any atom is 0.231 e. The van der Waals surface area contributed by atoms with Crippen molar-refractivity contribution in [1.29, 1.82) is 0 Å². The fourth-order valence-corrected chi connectivity index (χ4v) is 4.56. The Morgan fingerprint density at radius 1 is 1.16 bits per heavy atom. The van der Waals surface area contributed by atoms with E-state index in [0.717, 1.165) is 21.8 Å². The number of carbonyl (C=O) groups excluding carboxylic acids is 1. The molecule has 0 spiro atoms. The quantitative estimate of drug-likeness (QED) is 0.418. The third-order valence-corrected chi connectivity index (χ3v) is 6.40. The highest BCUT2D eigenvalue weighted by Gasteiger charge is 2.18. The number of halogens is 1. The van der Waals surface area contributed by atoms with Crippen LogP contribution in [-0.2, 0) is 4.79 Å². The molecule has 3 heterocycles. The zero-order chi connectivity index (χ0) is 21.8. The molecule has 0 saturated carbocycles. The Morgan fingerprint density at radius 3 is 2.58 bits per heavy atom. The third kappa shape index (κ3) is 5.18. The number of hydrogen-bond acceptors (Lipinski definition) is 6. The average molecular weight is 454 g/mol. The summed E-state index contributed by atoms with van der Waals surface area (Å²) >= 11 is 2.85. The van der Waals surface area contributed by atoms with E-state index in [1.807, 2.05) is 49.6 Å². The van der Waals surface area contributed by atoms with Crippen LogP contribution in [0, 0.1) is 19.7 Å². The van der Waals surface area contributed by atoms with Gasteiger partial charge in [0, 0.05) is 10.6 Å². The Hall–Kier alpha value is -3.04. The molecular formula is C22H20FN5OS2. The van der Waals surface area contributed by atoms with E-state index in [1.54, 1.807) is 28.2 Å². The molecule has 0 radical (unpaired) electrons. The Kier molecular flexibility index (Phi) is 6.43. The number of carbonyl (C=O) groups is 1. The molecule has 0 bridgehead atoms. The van der Waals surface area contributed by atoms with Gasteiger partial charge in [0.15, 0.2) is 5.82 Å². The van der Waals surface area contributed by atoms with E-state index >= 15 is 0 Å². The van der Waals surface area contributed by atoms with E-state index in [-0.39, 0.29) is 23.5 Å². The van der Waals surface area contributed by atoms with Crippen molar-refractivity contribution < 1.29 is 9.18 Å². The first-order chi connectivity index (χ1) is 15.0. The van der Waals surface area contributed by atoms with Crippen LogP contribution in [0.15, 0.2) is 65.0 Å². The fraction of sp³-hybridized carbons (Fsp3) is 0.182. The second-order valence-corrected chi connectivity index (χ2v) is 8.90. The predicted molar refractivity (Wildman–Crippen MR) is 120 cm³/mol. The van der Waals surface area contributed by atoms with E-state index in [1.165, 1.54) is 23.9 Å². The van der Waals surface area contributed by atoms with Crippen LogP contribution in [0.4, 0.5) is 4.39 Å². The molecule has 0 fully saturated rings. The lowest BCUT2D eigenvalue weighted by atomic mass is 10.1. The largest absolute Gasteiger partial charge is 0.344 e. The van der Waals surface area contributed by atoms with Gasteiger partial charge in [-0.1, -0.05) is 30.0 Å². The van der Waals surface area contributed by atoms with E-state index in [0.29, 0.717) is 10.8 Å². The maximum atomic E-state index is 13.3. The van der Waals surface area contributed by atoms with Gasteiger partial charge in [0.1, 0.15) is 10.8 Å². The molecule has 1 N–H and O–H groups in total. The third-order valence-electron chi connectivity index (χ3n) is 4.54. The van der Waals surface area contributed by atoms with Gasteiger partial charge in [0.2, 0.25) is 5.91 Å². The molecule has 0 saturated heterocycles. The smallest absolute Gasteiger partial charge is 0.231 e. The molecule has 9 heteroatoms. The van der Waals surface area contributed by atoms with Crippen molar-refractivity contribution in [3.05, 3.63) is 87.6 Å². The molecule has 0 unspecified atom stereocenters. The van der Waals surface area contributed by atoms with Crippen molar-refractivity contribution in [3.63, 3.8) is 0 Å². The van der Waals surface area contributed by atoms with E-state index in [9.17, 15) is 9.18 Å². The monoisotopic (exact) mass is 453 g/mol. The second kappa shape index (κ2) is 9.40. The van der Waals surface area contributed by atoms with Crippen molar-refractivity contribution in [1.82, 2.24) is 25.3 Å². The number of thiophene rings is 1. The summed E-state index contributed by atoms with van der Waals surface area (Å²) in [5.74, 6) is 0.375. The van der Waals surface area contributed by atoms with Gasteiger partial charge in [-0.15, -0.1) is 21.5 Å². The van der Waals surface area contributed by atoms with Gasteiger partial charge >= 0.3 is 0 Å². The summed E-state index contributed by atoms with van der Waals surface area (Å²) in [7, 11) is 0. The number of nitrogens with zero attached hydrogens (tertiary/aromatic N) is 4. The standard InChI is InChI=1S/C22H20FN5OS2/c1-14-12-15(2)28(27-14)19-9-10-21(26-25-19)31-13-20(29)24-22(18-4-3-11-30-18)16-5-7-17(23)8-6-16/h3-12,22H,13H2,1-2H3,(H,24,29)/t22-/m0/s1. The van der Waals surface area contributed by atoms with Gasteiger partial charge in [-0.25, -0.2) is 9.07 Å². The SMILES string of the molecule is Cc1cc(C)n(-c2ccc(SCC(=O)N[C@@H](c3ccc(F)cc3)c3cccs3)nn2)n1. The van der Waals surface area contributed by atoms with Gasteiger partial charge < -0.3 is 5.32 Å². The molecule has 1 amide bonds. The lowest BCUT2D eigenvalue weighted by Crippen LogP contribution is -2.30. The van der Waals surface area contributed by atoms with Crippen molar-refractivity contribution in [3.8, 4) is 5.82 Å². The summed E-state index contributed by atoms with van der Waals surface area (Å²) in [5, 5.41) is 18.5. The maximum absolute atomic E-state index is 13.3. The highest BCUT2D eigenvalue weighted by molar-refractivity contribution is 7.99. The normalized spacial score (nSPS) is 12.0. The lowest BCUT2D eigenvalue weighted by molar-refractivity contribution is -0.119. The van der Waals surface area contributed by atoms with E-state index < -0.39 is 0 Å². The Labute approximate surface area is 187 Å². The summed E-state index contributed by atoms with van der Waals surface area (Å²) in [6, 6.07) is 15.4. The number of aryl methyl sites for hydroxylation is 2. The van der Waals surface area contributed by atoms with Gasteiger partial charge in [0.25, 0.3) is 0 Å². The molecule has 3 aromatic heterocycles. The first-order valence-corrected chi connectivity index (χ1v) is 11.4. The van der Waals surface area contributed by atoms with Gasteiger partial charge in [-0.05, 0) is 61.2 Å². The van der Waals surface area contributed by atoms with Crippen molar-refractivity contribution in [2.45, 2.75) is 24.9 Å². The number of rotatable bonds is 7. The van der Waals surface area contributed by atoms with Crippen LogP contribution < -0.4 is 5.32 Å². The number of nitrogens with one attached hydrogen (secondary N) is 1. The minimum atomic E-state index is -0.326. The van der Waals surface area contributed by atoms with Crippen LogP contribution in [0.3, 0.4) is 0 Å². The molecule has 158 valence electrons. The fourth-order valence-electron chi connectivity index (χ4n) is 3.14. The Balaban J connectivity index is 1.40. The highest BCUT2D eigenvalue weighted by Crippen LogP contribution is 2.26. The lowest BCUT2D eigenvalue weighted by Gasteiger charge is -2.18. The van der Waals surface area contributed by atoms with Gasteiger partial charge in [-0.3, -0.25) is 4.79 Å². The zero-order valence-corrected chi connectivity index (χ0v) is 18.6. The molecular weight excluding hydrogens is 433 g/mol. The minimum absolute atomic E-state index is 0.142. The molecule has 1 atom stereocenters. The van der Waals surface area contributed by atoms with Crippen molar-refractivity contribution in [2.24, 2.45) is 0 Å². The van der Waals surface area contributed by atoms with Crippen LogP contribution in [0.1, 0.15) is 27.9 Å². The van der Waals surface area contributed by atoms with Gasteiger partial charge in [-0.2, -0.15) is 5.10 Å². The Morgan fingerprint density at radius 2 is 1.97 bits per heavy atom. The molecule has 6 nitrogen and oxygen atoms in total. The predicted octanol–water partition coefficient (Wildman–Crippen LogP) is 4.48. The highest BCUT2D eigenvalue weighted by atomic mass is 32.2. The van der Waals surface area contributed by atoms with Crippen LogP contribution >= 0.6 is 23.1 Å². The number of hydrogen-bond donors (Lipinski definition) is 1. The molecule has 0 aliphatic carbocycles. The summed E-state index contributed by atoms with van der Waals surface area (Å²) < 4.78 is 15.1. The molecule has 1 aromatic carbocycles. The molecule has 0 aliphatic heterocycles. The second-order valence-electron chi connectivity index (χ2n) is 6.92. The first kappa shape index (κ1) is 21.2. The molecule has 4 aromatic rings. The molecule has 31 heavy (non-hydrogen) atoms. The van der Waals surface area contributed by atoms with Crippen LogP contribution in [-0.4, -0.2) is 31.6 Å². The Bertz CT molecular complexity index is 1160. The minimum Gasteiger partial charge on any atom is -0.344 e. The molecule has 4 rings (SSSR count). The first-order valence-electron chi connectivity index (χ1n) is 9.58. The van der Waals surface area contributed by atoms with Crippen molar-refractivity contribution >= 4 is 29.0 Å². The van der Waals surface area contributed by atoms with Crippen molar-refractivity contribution in [2.75, 3.05) is 5.75 Å². The van der Waals surface area contributed by atoms with Gasteiger partial charge in [0.05, 0.1) is 17.5 Å². The van der Waals surface area contributed by atoms with Crippen LogP contribution in [0.5, 0.6) is 0 Å². The summed E-state index contributed by atoms with van der Waals surface area (Å²) in [6.07, 6.45) is 0. The van der Waals surface area contributed by atoms with E-state index in [4.69, 9.17) is 0 Å². The zero-order valence-electron chi connectivity index (χ0n) is 16.9. The number of amides is 1. The average Bonchev–Trinajstić information content (AvgIpc) is 3.41. The number of benzene rings is 1. The van der Waals surface area contributed by atoms with Crippen LogP contribution in [0.25, 0.3) is 5.82 Å². The molecule has 0 aliphatic rings. The number of aromatic nitrogens is 4.